The van der Waals surface area contributed by atoms with Crippen molar-refractivity contribution in [2.75, 3.05) is 11.9 Å². The van der Waals surface area contributed by atoms with Crippen LogP contribution in [-0.4, -0.2) is 29.8 Å². The summed E-state index contributed by atoms with van der Waals surface area (Å²) in [6.45, 7) is 1.98. The Kier molecular flexibility index (Phi) is 6.56. The number of nitrogens with zero attached hydrogens (tertiary/aromatic N) is 1. The van der Waals surface area contributed by atoms with E-state index >= 15 is 0 Å². The van der Waals surface area contributed by atoms with Crippen LogP contribution in [0.15, 0.2) is 29.6 Å². The molecule has 10 heteroatoms. The van der Waals surface area contributed by atoms with E-state index in [2.05, 4.69) is 15.0 Å². The first-order valence-corrected chi connectivity index (χ1v) is 8.37. The lowest BCUT2D eigenvalue weighted by atomic mass is 10.1. The summed E-state index contributed by atoms with van der Waals surface area (Å²) in [5.41, 5.74) is 0.998. The standard InChI is InChI=1S/C16H15F3N2O4S/c1-2-24-14(23)8-11-9-26-15(20-11)21-13(22)7-10-3-5-12(6-4-10)25-16(17,18)19/h3-6,9H,2,7-8H2,1H3,(H,20,21,22). The van der Waals surface area contributed by atoms with Gasteiger partial charge in [-0.1, -0.05) is 12.1 Å². The van der Waals surface area contributed by atoms with Gasteiger partial charge < -0.3 is 14.8 Å². The molecule has 2 aromatic rings. The van der Waals surface area contributed by atoms with Crippen LogP contribution in [0, 0.1) is 0 Å². The second-order valence-corrected chi connectivity index (χ2v) is 5.90. The Bertz CT molecular complexity index is 760. The maximum Gasteiger partial charge on any atom is 0.573 e. The number of alkyl halides is 3. The van der Waals surface area contributed by atoms with Gasteiger partial charge in [-0.15, -0.1) is 24.5 Å². The van der Waals surface area contributed by atoms with Crippen molar-refractivity contribution in [3.8, 4) is 5.75 Å². The lowest BCUT2D eigenvalue weighted by Crippen LogP contribution is -2.17. The molecule has 1 N–H and O–H groups in total. The van der Waals surface area contributed by atoms with Gasteiger partial charge in [0.2, 0.25) is 5.91 Å². The molecule has 1 heterocycles. The summed E-state index contributed by atoms with van der Waals surface area (Å²) < 4.78 is 44.9. The summed E-state index contributed by atoms with van der Waals surface area (Å²) in [5.74, 6) is -1.14. The summed E-state index contributed by atoms with van der Waals surface area (Å²) in [6.07, 6.45) is -4.79. The quantitative estimate of drug-likeness (QED) is 0.737. The highest BCUT2D eigenvalue weighted by Crippen LogP contribution is 2.23. The lowest BCUT2D eigenvalue weighted by molar-refractivity contribution is -0.274. The minimum absolute atomic E-state index is 0.0148. The summed E-state index contributed by atoms with van der Waals surface area (Å²) in [5, 5.41) is 4.53. The molecule has 1 amide bonds. The number of ether oxygens (including phenoxy) is 2. The van der Waals surface area contributed by atoms with Gasteiger partial charge in [-0.2, -0.15) is 0 Å². The molecular formula is C16H15F3N2O4S. The maximum absolute atomic E-state index is 12.1. The first-order valence-electron chi connectivity index (χ1n) is 7.49. The number of hydrogen-bond acceptors (Lipinski definition) is 6. The molecule has 0 radical (unpaired) electrons. The van der Waals surface area contributed by atoms with Crippen molar-refractivity contribution in [3.63, 3.8) is 0 Å². The van der Waals surface area contributed by atoms with Crippen LogP contribution in [0.25, 0.3) is 0 Å². The fraction of sp³-hybridized carbons (Fsp3) is 0.312. The number of benzene rings is 1. The number of thiazole rings is 1. The van der Waals surface area contributed by atoms with Crippen LogP contribution in [0.1, 0.15) is 18.2 Å². The molecule has 26 heavy (non-hydrogen) atoms. The van der Waals surface area contributed by atoms with Crippen molar-refractivity contribution in [1.29, 1.82) is 0 Å². The molecule has 0 spiro atoms. The molecule has 6 nitrogen and oxygen atoms in total. The van der Waals surface area contributed by atoms with Gasteiger partial charge in [0.05, 0.1) is 25.1 Å². The minimum Gasteiger partial charge on any atom is -0.466 e. The summed E-state index contributed by atoms with van der Waals surface area (Å²) >= 11 is 1.16. The Labute approximate surface area is 150 Å². The highest BCUT2D eigenvalue weighted by atomic mass is 32.1. The number of carbonyl (C=O) groups excluding carboxylic acids is 2. The SMILES string of the molecule is CCOC(=O)Cc1csc(NC(=O)Cc2ccc(OC(F)(F)F)cc2)n1. The van der Waals surface area contributed by atoms with Gasteiger partial charge in [0, 0.05) is 5.38 Å². The molecule has 0 fully saturated rings. The second kappa shape index (κ2) is 8.65. The minimum atomic E-state index is -4.76. The molecule has 0 bridgehead atoms. The zero-order chi connectivity index (χ0) is 19.2. The Morgan fingerprint density at radius 1 is 1.19 bits per heavy atom. The second-order valence-electron chi connectivity index (χ2n) is 5.04. The fourth-order valence-electron chi connectivity index (χ4n) is 1.96. The summed E-state index contributed by atoms with van der Waals surface area (Å²) in [4.78, 5) is 27.5. The normalized spacial score (nSPS) is 11.1. The average Bonchev–Trinajstić information content (AvgIpc) is 2.94. The highest BCUT2D eigenvalue weighted by molar-refractivity contribution is 7.13. The first kappa shape index (κ1) is 19.7. The monoisotopic (exact) mass is 388 g/mol. The fourth-order valence-corrected chi connectivity index (χ4v) is 2.69. The molecule has 0 aliphatic heterocycles. The third-order valence-corrected chi connectivity index (χ3v) is 3.76. The summed E-state index contributed by atoms with van der Waals surface area (Å²) in [7, 11) is 0. The maximum atomic E-state index is 12.1. The number of aromatic nitrogens is 1. The first-order chi connectivity index (χ1) is 12.2. The van der Waals surface area contributed by atoms with Gasteiger partial charge in [0.25, 0.3) is 0 Å². The van der Waals surface area contributed by atoms with Gasteiger partial charge in [0.15, 0.2) is 5.13 Å². The molecule has 0 unspecified atom stereocenters. The van der Waals surface area contributed by atoms with E-state index < -0.39 is 12.3 Å². The number of amides is 1. The molecule has 140 valence electrons. The van der Waals surface area contributed by atoms with E-state index in [-0.39, 0.29) is 31.1 Å². The third-order valence-electron chi connectivity index (χ3n) is 2.95. The Morgan fingerprint density at radius 2 is 1.88 bits per heavy atom. The van der Waals surface area contributed by atoms with E-state index in [9.17, 15) is 22.8 Å². The Hall–Kier alpha value is -2.62. The van der Waals surface area contributed by atoms with E-state index in [1.807, 2.05) is 0 Å². The number of esters is 1. The Balaban J connectivity index is 1.87. The van der Waals surface area contributed by atoms with Crippen LogP contribution in [0.3, 0.4) is 0 Å². The highest BCUT2D eigenvalue weighted by Gasteiger charge is 2.30. The zero-order valence-electron chi connectivity index (χ0n) is 13.6. The number of nitrogens with one attached hydrogen (secondary N) is 1. The van der Waals surface area contributed by atoms with Gasteiger partial charge in [-0.05, 0) is 24.6 Å². The zero-order valence-corrected chi connectivity index (χ0v) is 14.4. The Morgan fingerprint density at radius 3 is 2.50 bits per heavy atom. The number of carbonyl (C=O) groups is 2. The number of rotatable bonds is 7. The van der Waals surface area contributed by atoms with E-state index in [1.165, 1.54) is 12.1 Å². The van der Waals surface area contributed by atoms with Crippen molar-refractivity contribution in [2.45, 2.75) is 26.1 Å². The molecular weight excluding hydrogens is 373 g/mol. The van der Waals surface area contributed by atoms with Crippen molar-refractivity contribution >= 4 is 28.3 Å². The topological polar surface area (TPSA) is 77.5 Å². The van der Waals surface area contributed by atoms with E-state index in [0.29, 0.717) is 16.4 Å². The molecule has 0 aliphatic carbocycles. The number of anilines is 1. The predicted molar refractivity (Wildman–Crippen MR) is 87.9 cm³/mol. The van der Waals surface area contributed by atoms with Gasteiger partial charge in [0.1, 0.15) is 5.75 Å². The van der Waals surface area contributed by atoms with Crippen molar-refractivity contribution in [2.24, 2.45) is 0 Å². The van der Waals surface area contributed by atoms with Crippen LogP contribution in [-0.2, 0) is 27.2 Å². The van der Waals surface area contributed by atoms with Crippen LogP contribution < -0.4 is 10.1 Å². The van der Waals surface area contributed by atoms with E-state index in [1.54, 1.807) is 12.3 Å². The van der Waals surface area contributed by atoms with Crippen LogP contribution >= 0.6 is 11.3 Å². The number of hydrogen-bond donors (Lipinski definition) is 1. The predicted octanol–water partition coefficient (Wildman–Crippen LogP) is 3.33. The molecule has 0 saturated carbocycles. The van der Waals surface area contributed by atoms with Crippen LogP contribution in [0.5, 0.6) is 5.75 Å². The number of halogens is 3. The van der Waals surface area contributed by atoms with Crippen LogP contribution in [0.4, 0.5) is 18.3 Å². The lowest BCUT2D eigenvalue weighted by Gasteiger charge is -2.09. The molecule has 0 aliphatic rings. The van der Waals surface area contributed by atoms with E-state index in [0.717, 1.165) is 23.5 Å². The average molecular weight is 388 g/mol. The van der Waals surface area contributed by atoms with Gasteiger partial charge in [-0.3, -0.25) is 9.59 Å². The molecule has 2 rings (SSSR count). The van der Waals surface area contributed by atoms with Crippen molar-refractivity contribution in [1.82, 2.24) is 4.98 Å². The largest absolute Gasteiger partial charge is 0.573 e. The van der Waals surface area contributed by atoms with Gasteiger partial charge >= 0.3 is 12.3 Å². The molecule has 0 atom stereocenters. The van der Waals surface area contributed by atoms with Crippen LogP contribution in [0.2, 0.25) is 0 Å². The third kappa shape index (κ3) is 6.71. The molecule has 0 saturated heterocycles. The summed E-state index contributed by atoms with van der Waals surface area (Å²) in [6, 6.07) is 5.01. The molecule has 1 aromatic carbocycles. The van der Waals surface area contributed by atoms with Crippen molar-refractivity contribution < 1.29 is 32.2 Å². The van der Waals surface area contributed by atoms with Gasteiger partial charge in [-0.25, -0.2) is 4.98 Å². The van der Waals surface area contributed by atoms with Crippen molar-refractivity contribution in [3.05, 3.63) is 40.9 Å². The smallest absolute Gasteiger partial charge is 0.466 e. The molecule has 1 aromatic heterocycles. The van der Waals surface area contributed by atoms with E-state index in [4.69, 9.17) is 4.74 Å².